The lowest BCUT2D eigenvalue weighted by atomic mass is 9.86. The van der Waals surface area contributed by atoms with E-state index in [1.807, 2.05) is 74.1 Å². The van der Waals surface area contributed by atoms with Crippen molar-refractivity contribution in [3.63, 3.8) is 0 Å². The average molecular weight is 616 g/mol. The van der Waals surface area contributed by atoms with Crippen LogP contribution >= 0.6 is 23.4 Å². The molecule has 43 heavy (non-hydrogen) atoms. The zero-order chi connectivity index (χ0) is 31.0. The number of benzene rings is 3. The van der Waals surface area contributed by atoms with E-state index in [-0.39, 0.29) is 16.6 Å². The van der Waals surface area contributed by atoms with Crippen LogP contribution in [0, 0.1) is 5.41 Å². The van der Waals surface area contributed by atoms with E-state index in [2.05, 4.69) is 56.3 Å². The standard InChI is InChI=1S/C37H42ClNO3S/c1-6-37(4,24-35(40)42-5)25-43-34(21-17-27-11-7-8-13-32(27)36(2,3)41)29-12-9-10-26(22-29)14-19-31-20-16-28-15-18-30(38)23-33(28)39-31/h7-16,18-20,22-23,34,41H,6,17,21,24-25H2,1-5H3/b19-14+/t34-,37?/m1/s1. The minimum atomic E-state index is -0.909. The van der Waals surface area contributed by atoms with Crippen LogP contribution in [0.4, 0.5) is 0 Å². The van der Waals surface area contributed by atoms with Crippen molar-refractivity contribution in [1.29, 1.82) is 0 Å². The molecule has 1 heterocycles. The fourth-order valence-corrected chi connectivity index (χ4v) is 6.91. The van der Waals surface area contributed by atoms with Crippen molar-refractivity contribution in [2.75, 3.05) is 12.9 Å². The normalized spacial score (nSPS) is 14.1. The molecule has 3 aromatic carbocycles. The first-order valence-electron chi connectivity index (χ1n) is 14.8. The summed E-state index contributed by atoms with van der Waals surface area (Å²) >= 11 is 8.08. The molecule has 0 spiro atoms. The van der Waals surface area contributed by atoms with Gasteiger partial charge in [0.05, 0.1) is 30.3 Å². The molecule has 0 bridgehead atoms. The van der Waals surface area contributed by atoms with E-state index < -0.39 is 5.60 Å². The largest absolute Gasteiger partial charge is 0.469 e. The smallest absolute Gasteiger partial charge is 0.306 e. The van der Waals surface area contributed by atoms with Crippen molar-refractivity contribution in [2.24, 2.45) is 5.41 Å². The van der Waals surface area contributed by atoms with Crippen molar-refractivity contribution < 1.29 is 14.6 Å². The summed E-state index contributed by atoms with van der Waals surface area (Å²) in [6.07, 6.45) is 7.15. The Morgan fingerprint density at radius 3 is 2.53 bits per heavy atom. The zero-order valence-corrected chi connectivity index (χ0v) is 27.3. The Morgan fingerprint density at radius 2 is 1.79 bits per heavy atom. The molecule has 2 atom stereocenters. The number of hydrogen-bond donors (Lipinski definition) is 1. The van der Waals surface area contributed by atoms with Crippen LogP contribution in [0.15, 0.2) is 78.9 Å². The SMILES string of the molecule is CCC(C)(CS[C@H](CCc1ccccc1C(C)(C)O)c1cccc(/C=C/c2ccc3ccc(Cl)cc3n2)c1)CC(=O)OC. The molecule has 226 valence electrons. The number of ether oxygens (including phenoxy) is 1. The first kappa shape index (κ1) is 32.8. The number of rotatable bonds is 13. The van der Waals surface area contributed by atoms with E-state index >= 15 is 0 Å². The van der Waals surface area contributed by atoms with Gasteiger partial charge in [0.15, 0.2) is 0 Å². The number of methoxy groups -OCH3 is 1. The number of thioether (sulfide) groups is 1. The van der Waals surface area contributed by atoms with Crippen molar-refractivity contribution in [3.05, 3.63) is 112 Å². The second-order valence-corrected chi connectivity index (χ2v) is 13.7. The minimum absolute atomic E-state index is 0.164. The van der Waals surface area contributed by atoms with Gasteiger partial charge >= 0.3 is 5.97 Å². The molecule has 0 aliphatic heterocycles. The molecule has 0 aliphatic carbocycles. The van der Waals surface area contributed by atoms with E-state index in [4.69, 9.17) is 21.3 Å². The minimum Gasteiger partial charge on any atom is -0.469 e. The molecule has 0 fully saturated rings. The Bertz CT molecular complexity index is 1580. The van der Waals surface area contributed by atoms with Crippen LogP contribution < -0.4 is 0 Å². The predicted octanol–water partition coefficient (Wildman–Crippen LogP) is 9.67. The molecule has 1 aromatic heterocycles. The molecular formula is C37H42ClNO3S. The number of fused-ring (bicyclic) bond motifs is 1. The third-order valence-corrected chi connectivity index (χ3v) is 10.1. The molecule has 1 unspecified atom stereocenters. The Labute approximate surface area is 265 Å². The molecule has 4 rings (SSSR count). The summed E-state index contributed by atoms with van der Waals surface area (Å²) in [7, 11) is 1.45. The summed E-state index contributed by atoms with van der Waals surface area (Å²) in [5.41, 5.74) is 5.13. The fourth-order valence-electron chi connectivity index (χ4n) is 5.21. The summed E-state index contributed by atoms with van der Waals surface area (Å²) in [5.74, 6) is 0.664. The van der Waals surface area contributed by atoms with Gasteiger partial charge in [-0.25, -0.2) is 4.98 Å². The number of pyridine rings is 1. The Kier molecular flexibility index (Phi) is 11.1. The number of hydrogen-bond acceptors (Lipinski definition) is 5. The third-order valence-electron chi connectivity index (χ3n) is 8.04. The summed E-state index contributed by atoms with van der Waals surface area (Å²) in [6.45, 7) is 7.98. The Hall–Kier alpha value is -3.12. The zero-order valence-electron chi connectivity index (χ0n) is 25.8. The number of nitrogens with zero attached hydrogens (tertiary/aromatic N) is 1. The predicted molar refractivity (Wildman–Crippen MR) is 182 cm³/mol. The second kappa shape index (κ2) is 14.6. The van der Waals surface area contributed by atoms with Gasteiger partial charge in [0, 0.05) is 15.7 Å². The van der Waals surface area contributed by atoms with E-state index in [1.165, 1.54) is 12.7 Å². The molecule has 0 saturated carbocycles. The number of aryl methyl sites for hydroxylation is 1. The van der Waals surface area contributed by atoms with Gasteiger partial charge in [0.25, 0.3) is 0 Å². The van der Waals surface area contributed by atoms with Crippen LogP contribution in [0.3, 0.4) is 0 Å². The van der Waals surface area contributed by atoms with Gasteiger partial charge in [-0.15, -0.1) is 0 Å². The Morgan fingerprint density at radius 1 is 1.02 bits per heavy atom. The average Bonchev–Trinajstić information content (AvgIpc) is 2.99. The first-order valence-corrected chi connectivity index (χ1v) is 16.3. The van der Waals surface area contributed by atoms with Crippen LogP contribution in [-0.2, 0) is 21.6 Å². The third kappa shape index (κ3) is 9.18. The maximum atomic E-state index is 12.2. The van der Waals surface area contributed by atoms with Crippen molar-refractivity contribution in [2.45, 2.75) is 64.2 Å². The molecule has 0 amide bonds. The number of carbonyl (C=O) groups is 1. The van der Waals surface area contributed by atoms with E-state index in [9.17, 15) is 9.90 Å². The molecule has 4 aromatic rings. The van der Waals surface area contributed by atoms with Gasteiger partial charge in [-0.05, 0) is 90.8 Å². The van der Waals surface area contributed by atoms with Crippen LogP contribution in [0.2, 0.25) is 5.02 Å². The highest BCUT2D eigenvalue weighted by Gasteiger charge is 2.28. The quantitative estimate of drug-likeness (QED) is 0.152. The fraction of sp³-hybridized carbons (Fsp3) is 0.351. The van der Waals surface area contributed by atoms with E-state index in [0.29, 0.717) is 11.4 Å². The molecule has 6 heteroatoms. The summed E-state index contributed by atoms with van der Waals surface area (Å²) in [4.78, 5) is 17.0. The van der Waals surface area contributed by atoms with Crippen molar-refractivity contribution in [1.82, 2.24) is 4.98 Å². The van der Waals surface area contributed by atoms with Crippen molar-refractivity contribution >= 4 is 52.4 Å². The highest BCUT2D eigenvalue weighted by atomic mass is 35.5. The van der Waals surface area contributed by atoms with Gasteiger partial charge in [0.1, 0.15) is 0 Å². The van der Waals surface area contributed by atoms with Crippen LogP contribution in [0.25, 0.3) is 23.1 Å². The van der Waals surface area contributed by atoms with Gasteiger partial charge in [-0.2, -0.15) is 11.8 Å². The van der Waals surface area contributed by atoms with Crippen molar-refractivity contribution in [3.8, 4) is 0 Å². The van der Waals surface area contributed by atoms with Crippen LogP contribution in [0.1, 0.15) is 80.2 Å². The lowest BCUT2D eigenvalue weighted by molar-refractivity contribution is -0.142. The van der Waals surface area contributed by atoms with Gasteiger partial charge in [0.2, 0.25) is 0 Å². The lowest BCUT2D eigenvalue weighted by Crippen LogP contribution is -2.24. The maximum Gasteiger partial charge on any atom is 0.306 e. The van der Waals surface area contributed by atoms with Gasteiger partial charge in [-0.3, -0.25) is 4.79 Å². The molecule has 0 saturated heterocycles. The molecule has 0 radical (unpaired) electrons. The highest BCUT2D eigenvalue weighted by molar-refractivity contribution is 7.99. The summed E-state index contributed by atoms with van der Waals surface area (Å²) < 4.78 is 5.01. The molecular weight excluding hydrogens is 574 g/mol. The van der Waals surface area contributed by atoms with E-state index in [1.54, 1.807) is 0 Å². The van der Waals surface area contributed by atoms with E-state index in [0.717, 1.165) is 58.3 Å². The topological polar surface area (TPSA) is 59.4 Å². The lowest BCUT2D eigenvalue weighted by Gasteiger charge is -2.29. The summed E-state index contributed by atoms with van der Waals surface area (Å²) in [6, 6.07) is 26.6. The number of aromatic nitrogens is 1. The number of halogens is 1. The first-order chi connectivity index (χ1) is 20.5. The molecule has 0 aliphatic rings. The summed E-state index contributed by atoms with van der Waals surface area (Å²) in [5, 5.41) is 12.7. The molecule has 4 nitrogen and oxygen atoms in total. The van der Waals surface area contributed by atoms with Gasteiger partial charge in [-0.1, -0.05) is 92.2 Å². The van der Waals surface area contributed by atoms with Gasteiger partial charge < -0.3 is 9.84 Å². The van der Waals surface area contributed by atoms with Crippen LogP contribution in [0.5, 0.6) is 0 Å². The molecule has 1 N–H and O–H groups in total. The number of esters is 1. The Balaban J connectivity index is 1.59. The number of carbonyl (C=O) groups excluding carboxylic acids is 1. The second-order valence-electron chi connectivity index (χ2n) is 12.0. The highest BCUT2D eigenvalue weighted by Crippen LogP contribution is 2.41. The van der Waals surface area contributed by atoms with Crippen LogP contribution in [-0.4, -0.2) is 28.9 Å². The monoisotopic (exact) mass is 615 g/mol. The number of aliphatic hydroxyl groups is 1. The maximum absolute atomic E-state index is 12.2.